The van der Waals surface area contributed by atoms with Gasteiger partial charge in [0.25, 0.3) is 0 Å². The zero-order valence-electron chi connectivity index (χ0n) is 5.68. The minimum Gasteiger partial charge on any atom is -0.0626 e. The first-order chi connectivity index (χ1) is 3.66. The lowest BCUT2D eigenvalue weighted by Crippen LogP contribution is -2.02. The van der Waals surface area contributed by atoms with Gasteiger partial charge in [0, 0.05) is 10.6 Å². The Balaban J connectivity index is 3.23. The molecular weight excluding hydrogens is 120 g/mol. The molecule has 0 amide bonds. The van der Waals surface area contributed by atoms with Crippen molar-refractivity contribution in [2.45, 2.75) is 32.4 Å². The highest BCUT2D eigenvalue weighted by atomic mass is 32.1. The molecule has 0 aliphatic heterocycles. The molecule has 0 saturated heterocycles. The monoisotopic (exact) mass is 133 g/mol. The third kappa shape index (κ3) is 4.19. The topological polar surface area (TPSA) is 17.1 Å². The van der Waals surface area contributed by atoms with Crippen molar-refractivity contribution in [3.05, 3.63) is 0 Å². The highest BCUT2D eigenvalue weighted by Crippen LogP contribution is 2.04. The predicted molar refractivity (Wildman–Crippen MR) is 37.0 cm³/mol. The van der Waals surface area contributed by atoms with Crippen LogP contribution in [0.3, 0.4) is 0 Å². The molecule has 8 heavy (non-hydrogen) atoms. The van der Waals surface area contributed by atoms with Crippen LogP contribution >= 0.6 is 0 Å². The Kier molecular flexibility index (Phi) is 3.97. The molecule has 0 N–H and O–H groups in total. The Morgan fingerprint density at radius 3 is 2.00 bits per heavy atom. The van der Waals surface area contributed by atoms with Crippen LogP contribution in [0.1, 0.15) is 27.2 Å². The number of rotatable bonds is 3. The summed E-state index contributed by atoms with van der Waals surface area (Å²) >= 11 is 0.703. The van der Waals surface area contributed by atoms with Crippen molar-refractivity contribution in [2.75, 3.05) is 0 Å². The van der Waals surface area contributed by atoms with Crippen LogP contribution in [0.15, 0.2) is 0 Å². The molecule has 0 aliphatic carbocycles. The summed E-state index contributed by atoms with van der Waals surface area (Å²) in [6.45, 7) is 6.23. The van der Waals surface area contributed by atoms with Gasteiger partial charge < -0.3 is 0 Å². The zero-order valence-corrected chi connectivity index (χ0v) is 6.49. The first-order valence-corrected chi connectivity index (χ1v) is 3.76. The normalized spacial score (nSPS) is 14.0. The predicted octanol–water partition coefficient (Wildman–Crippen LogP) is 1.85. The van der Waals surface area contributed by atoms with Gasteiger partial charge in [-0.2, -0.15) is 0 Å². The summed E-state index contributed by atoms with van der Waals surface area (Å²) in [5.41, 5.74) is 0. The van der Waals surface area contributed by atoms with Crippen LogP contribution in [0.5, 0.6) is 0 Å². The van der Waals surface area contributed by atoms with Gasteiger partial charge in [0.05, 0.1) is 0 Å². The van der Waals surface area contributed by atoms with E-state index in [1.54, 1.807) is 0 Å². The summed E-state index contributed by atoms with van der Waals surface area (Å²) in [5.74, 6) is 0.659. The van der Waals surface area contributed by atoms with E-state index in [-0.39, 0.29) is 5.25 Å². The smallest absolute Gasteiger partial charge is 0.0626 e. The highest BCUT2D eigenvalue weighted by Gasteiger charge is 2.14. The van der Waals surface area contributed by atoms with Crippen molar-refractivity contribution in [3.8, 4) is 0 Å². The Bertz CT molecular complexity index is 70.9. The summed E-state index contributed by atoms with van der Waals surface area (Å²) in [4.78, 5) is 0. The zero-order chi connectivity index (χ0) is 6.57. The van der Waals surface area contributed by atoms with Crippen molar-refractivity contribution in [3.63, 3.8) is 0 Å². The maximum atomic E-state index is 10.1. The van der Waals surface area contributed by atoms with E-state index in [1.165, 1.54) is 0 Å². The number of hydrogen-bond acceptors (Lipinski definition) is 1. The lowest BCUT2D eigenvalue weighted by atomic mass is 10.1. The van der Waals surface area contributed by atoms with Crippen LogP contribution in [0.4, 0.5) is 0 Å². The molecule has 1 unspecified atom stereocenters. The second-order valence-corrected chi connectivity index (χ2v) is 3.53. The van der Waals surface area contributed by atoms with Crippen LogP contribution in [-0.4, -0.2) is 5.25 Å². The molecule has 0 radical (unpaired) electrons. The van der Waals surface area contributed by atoms with Crippen LogP contribution in [0.2, 0.25) is 0 Å². The van der Waals surface area contributed by atoms with Gasteiger partial charge in [0.15, 0.2) is 0 Å². The third-order valence-electron chi connectivity index (χ3n) is 0.968. The lowest BCUT2D eigenvalue weighted by molar-refractivity contribution is 0.559. The molecule has 0 fully saturated rings. The molecule has 0 aromatic rings. The van der Waals surface area contributed by atoms with E-state index in [4.69, 9.17) is 0 Å². The average Bonchev–Trinajstić information content (AvgIpc) is 1.65. The molecule has 1 nitrogen and oxygen atoms in total. The van der Waals surface area contributed by atoms with Gasteiger partial charge in [0.2, 0.25) is 5.25 Å². The Morgan fingerprint density at radius 2 is 1.88 bits per heavy atom. The van der Waals surface area contributed by atoms with Gasteiger partial charge in [-0.15, -0.1) is 0 Å². The highest BCUT2D eigenvalue weighted by molar-refractivity contribution is 7.66. The summed E-state index contributed by atoms with van der Waals surface area (Å²) < 4.78 is 10.1. The second-order valence-electron chi connectivity index (χ2n) is 2.54. The van der Waals surface area contributed by atoms with Gasteiger partial charge in [-0.25, -0.2) is 0 Å². The molecule has 0 bridgehead atoms. The average molecular weight is 133 g/mol. The van der Waals surface area contributed by atoms with Crippen LogP contribution in [-0.2, 0) is 15.9 Å². The maximum absolute atomic E-state index is 10.1. The van der Waals surface area contributed by atoms with Gasteiger partial charge in [-0.1, -0.05) is 13.8 Å². The van der Waals surface area contributed by atoms with Gasteiger partial charge in [-0.05, 0) is 12.8 Å². The quantitative estimate of drug-likeness (QED) is 0.537. The Morgan fingerprint density at radius 1 is 1.38 bits per heavy atom. The lowest BCUT2D eigenvalue weighted by Gasteiger charge is -1.96. The SMILES string of the molecule is CC(C)CC(C)[S+]=O. The van der Waals surface area contributed by atoms with E-state index >= 15 is 0 Å². The fourth-order valence-corrected chi connectivity index (χ4v) is 1.17. The molecule has 0 aromatic carbocycles. The van der Waals surface area contributed by atoms with Gasteiger partial charge >= 0.3 is 11.7 Å². The molecule has 0 saturated carbocycles. The van der Waals surface area contributed by atoms with E-state index < -0.39 is 0 Å². The standard InChI is InChI=1S/C6H13OS/c1-5(2)4-6(3)8-7/h5-6H,4H2,1-3H3/q+1. The third-order valence-corrected chi connectivity index (χ3v) is 1.49. The fourth-order valence-electron chi connectivity index (χ4n) is 0.703. The van der Waals surface area contributed by atoms with Gasteiger partial charge in [-0.3, -0.25) is 0 Å². The Hall–Kier alpha value is 0.0200. The molecule has 48 valence electrons. The van der Waals surface area contributed by atoms with Crippen LogP contribution in [0.25, 0.3) is 0 Å². The summed E-state index contributed by atoms with van der Waals surface area (Å²) in [5, 5.41) is 0.287. The molecule has 0 rings (SSSR count). The van der Waals surface area contributed by atoms with E-state index in [2.05, 4.69) is 13.8 Å². The molecule has 0 heterocycles. The second kappa shape index (κ2) is 3.96. The van der Waals surface area contributed by atoms with Crippen molar-refractivity contribution >= 4 is 11.7 Å². The van der Waals surface area contributed by atoms with Crippen molar-refractivity contribution in [2.24, 2.45) is 5.92 Å². The first kappa shape index (κ1) is 8.02. The largest absolute Gasteiger partial charge is 0.461 e. The minimum atomic E-state index is 0.287. The van der Waals surface area contributed by atoms with E-state index in [1.807, 2.05) is 6.92 Å². The molecule has 0 aromatic heterocycles. The van der Waals surface area contributed by atoms with E-state index in [0.29, 0.717) is 17.6 Å². The van der Waals surface area contributed by atoms with Crippen LogP contribution < -0.4 is 0 Å². The fraction of sp³-hybridized carbons (Fsp3) is 1.00. The number of hydrogen-bond donors (Lipinski definition) is 0. The minimum absolute atomic E-state index is 0.287. The summed E-state index contributed by atoms with van der Waals surface area (Å²) in [6.07, 6.45) is 1.04. The molecule has 1 atom stereocenters. The molecular formula is C6H13OS+. The maximum Gasteiger partial charge on any atom is 0.461 e. The van der Waals surface area contributed by atoms with E-state index in [0.717, 1.165) is 6.42 Å². The first-order valence-electron chi connectivity index (χ1n) is 2.95. The Labute approximate surface area is 55.0 Å². The summed E-state index contributed by atoms with van der Waals surface area (Å²) in [7, 11) is 0. The van der Waals surface area contributed by atoms with E-state index in [9.17, 15) is 4.21 Å². The molecule has 0 aliphatic rings. The van der Waals surface area contributed by atoms with Crippen molar-refractivity contribution in [1.82, 2.24) is 0 Å². The van der Waals surface area contributed by atoms with Crippen molar-refractivity contribution in [1.29, 1.82) is 0 Å². The molecule has 0 spiro atoms. The van der Waals surface area contributed by atoms with Crippen molar-refractivity contribution < 1.29 is 4.21 Å². The van der Waals surface area contributed by atoms with Gasteiger partial charge in [0.1, 0.15) is 0 Å². The molecule has 2 heteroatoms. The van der Waals surface area contributed by atoms with Crippen LogP contribution in [0, 0.1) is 5.92 Å². The summed E-state index contributed by atoms with van der Waals surface area (Å²) in [6, 6.07) is 0.